The van der Waals surface area contributed by atoms with E-state index < -0.39 is 0 Å². The predicted octanol–water partition coefficient (Wildman–Crippen LogP) is 3.29. The van der Waals surface area contributed by atoms with E-state index >= 15 is 0 Å². The van der Waals surface area contributed by atoms with E-state index in [0.29, 0.717) is 11.7 Å². The fourth-order valence-corrected chi connectivity index (χ4v) is 1.54. The molecule has 0 aliphatic rings. The van der Waals surface area contributed by atoms with Gasteiger partial charge in [0.15, 0.2) is 0 Å². The van der Waals surface area contributed by atoms with E-state index in [0.717, 1.165) is 17.7 Å². The molecule has 16 heavy (non-hydrogen) atoms. The number of hydrogen-bond donors (Lipinski definition) is 0. The van der Waals surface area contributed by atoms with Gasteiger partial charge in [-0.15, -0.1) is 0 Å². The van der Waals surface area contributed by atoms with Crippen LogP contribution in [0.1, 0.15) is 29.6 Å². The van der Waals surface area contributed by atoms with E-state index in [9.17, 15) is 0 Å². The van der Waals surface area contributed by atoms with Crippen molar-refractivity contribution >= 4 is 15.9 Å². The molecule has 5 heteroatoms. The molecule has 0 saturated heterocycles. The van der Waals surface area contributed by atoms with Gasteiger partial charge in [0.05, 0.1) is 4.83 Å². The van der Waals surface area contributed by atoms with Gasteiger partial charge >= 0.3 is 0 Å². The summed E-state index contributed by atoms with van der Waals surface area (Å²) >= 11 is 3.47. The maximum Gasteiger partial charge on any atom is 0.240 e. The summed E-state index contributed by atoms with van der Waals surface area (Å²) < 4.78 is 5.18. The molecule has 0 saturated carbocycles. The van der Waals surface area contributed by atoms with Crippen LogP contribution in [0.2, 0.25) is 0 Å². The number of halogens is 1. The Bertz CT molecular complexity index is 484. The summed E-state index contributed by atoms with van der Waals surface area (Å²) in [6, 6.07) is 3.86. The number of aromatic nitrogens is 3. The van der Waals surface area contributed by atoms with Crippen molar-refractivity contribution in [2.75, 3.05) is 0 Å². The third-order valence-electron chi connectivity index (χ3n) is 2.29. The highest BCUT2D eigenvalue weighted by Gasteiger charge is 2.16. The van der Waals surface area contributed by atoms with Crippen molar-refractivity contribution in [3.63, 3.8) is 0 Å². The minimum absolute atomic E-state index is 0.109. The van der Waals surface area contributed by atoms with E-state index in [-0.39, 0.29) is 4.83 Å². The van der Waals surface area contributed by atoms with Crippen molar-refractivity contribution in [1.82, 2.24) is 15.1 Å². The highest BCUT2D eigenvalue weighted by atomic mass is 79.9. The van der Waals surface area contributed by atoms with Gasteiger partial charge in [-0.2, -0.15) is 4.98 Å². The number of pyridine rings is 1. The lowest BCUT2D eigenvalue weighted by atomic mass is 10.2. The molecule has 1 atom stereocenters. The largest absolute Gasteiger partial charge is 0.338 e. The molecule has 84 valence electrons. The van der Waals surface area contributed by atoms with Crippen LogP contribution >= 0.6 is 15.9 Å². The molecular weight excluding hydrogens is 270 g/mol. The van der Waals surface area contributed by atoms with Gasteiger partial charge in [-0.1, -0.05) is 34.1 Å². The fourth-order valence-electron chi connectivity index (χ4n) is 1.35. The fraction of sp³-hybridized carbons (Fsp3) is 0.364. The molecule has 0 N–H and O–H groups in total. The van der Waals surface area contributed by atoms with Crippen molar-refractivity contribution in [1.29, 1.82) is 0 Å². The standard InChI is InChI=1S/C11H12BrN3O/c1-3-8(12)11-14-10(15-16-11)9-7(2)5-4-6-13-9/h4-6,8H,3H2,1-2H3. The summed E-state index contributed by atoms with van der Waals surface area (Å²) in [5.41, 5.74) is 1.81. The number of nitrogens with zero attached hydrogens (tertiary/aromatic N) is 3. The van der Waals surface area contributed by atoms with Gasteiger partial charge in [0.1, 0.15) is 5.69 Å². The second kappa shape index (κ2) is 4.74. The van der Waals surface area contributed by atoms with Gasteiger partial charge < -0.3 is 4.52 Å². The van der Waals surface area contributed by atoms with Gasteiger partial charge in [-0.3, -0.25) is 4.98 Å². The van der Waals surface area contributed by atoms with Gasteiger partial charge in [0.2, 0.25) is 11.7 Å². The first kappa shape index (κ1) is 11.3. The van der Waals surface area contributed by atoms with Crippen molar-refractivity contribution in [2.45, 2.75) is 25.1 Å². The zero-order chi connectivity index (χ0) is 11.5. The molecule has 0 aliphatic heterocycles. The minimum Gasteiger partial charge on any atom is -0.338 e. The summed E-state index contributed by atoms with van der Waals surface area (Å²) in [6.07, 6.45) is 2.63. The van der Waals surface area contributed by atoms with Crippen molar-refractivity contribution in [2.24, 2.45) is 0 Å². The maximum absolute atomic E-state index is 5.18. The first-order valence-electron chi connectivity index (χ1n) is 5.12. The van der Waals surface area contributed by atoms with Gasteiger partial charge in [0, 0.05) is 6.20 Å². The van der Waals surface area contributed by atoms with E-state index in [1.165, 1.54) is 0 Å². The highest BCUT2D eigenvalue weighted by Crippen LogP contribution is 2.26. The Morgan fingerprint density at radius 2 is 2.31 bits per heavy atom. The molecule has 2 heterocycles. The van der Waals surface area contributed by atoms with Crippen LogP contribution in [-0.2, 0) is 0 Å². The van der Waals surface area contributed by atoms with E-state index in [1.807, 2.05) is 19.1 Å². The van der Waals surface area contributed by atoms with Crippen LogP contribution in [0.3, 0.4) is 0 Å². The Hall–Kier alpha value is -1.23. The molecular formula is C11H12BrN3O. The second-order valence-electron chi connectivity index (χ2n) is 3.50. The summed E-state index contributed by atoms with van der Waals surface area (Å²) in [4.78, 5) is 8.68. The molecule has 2 aromatic heterocycles. The first-order valence-corrected chi connectivity index (χ1v) is 6.03. The van der Waals surface area contributed by atoms with Crippen molar-refractivity contribution in [3.05, 3.63) is 29.8 Å². The quantitative estimate of drug-likeness (QED) is 0.810. The molecule has 2 aromatic rings. The lowest BCUT2D eigenvalue weighted by molar-refractivity contribution is 0.376. The Morgan fingerprint density at radius 1 is 1.50 bits per heavy atom. The smallest absolute Gasteiger partial charge is 0.240 e. The Balaban J connectivity index is 2.35. The summed E-state index contributed by atoms with van der Waals surface area (Å²) in [6.45, 7) is 4.03. The Kier molecular flexibility index (Phi) is 3.33. The van der Waals surface area contributed by atoms with Gasteiger partial charge in [-0.05, 0) is 25.0 Å². The summed E-state index contributed by atoms with van der Waals surface area (Å²) in [5, 5.41) is 3.94. The molecule has 0 amide bonds. The number of alkyl halides is 1. The SMILES string of the molecule is CCC(Br)c1nc(-c2ncccc2C)no1. The molecule has 0 spiro atoms. The van der Waals surface area contributed by atoms with Crippen LogP contribution in [0, 0.1) is 6.92 Å². The molecule has 0 radical (unpaired) electrons. The van der Waals surface area contributed by atoms with Crippen LogP contribution in [0.5, 0.6) is 0 Å². The van der Waals surface area contributed by atoms with E-state index in [4.69, 9.17) is 4.52 Å². The van der Waals surface area contributed by atoms with Crippen LogP contribution in [0.15, 0.2) is 22.9 Å². The number of aryl methyl sites for hydroxylation is 1. The van der Waals surface area contributed by atoms with E-state index in [1.54, 1.807) is 6.20 Å². The first-order chi connectivity index (χ1) is 7.72. The average Bonchev–Trinajstić information content (AvgIpc) is 2.78. The lowest BCUT2D eigenvalue weighted by Gasteiger charge is -1.98. The van der Waals surface area contributed by atoms with E-state index in [2.05, 4.69) is 38.0 Å². The molecule has 4 nitrogen and oxygen atoms in total. The lowest BCUT2D eigenvalue weighted by Crippen LogP contribution is -1.91. The highest BCUT2D eigenvalue weighted by molar-refractivity contribution is 9.09. The molecule has 2 rings (SSSR count). The monoisotopic (exact) mass is 281 g/mol. The molecule has 1 unspecified atom stereocenters. The van der Waals surface area contributed by atoms with Gasteiger partial charge in [-0.25, -0.2) is 0 Å². The third kappa shape index (κ3) is 2.14. The minimum atomic E-state index is 0.109. The average molecular weight is 282 g/mol. The zero-order valence-corrected chi connectivity index (χ0v) is 10.7. The number of hydrogen-bond acceptors (Lipinski definition) is 4. The Morgan fingerprint density at radius 3 is 3.00 bits per heavy atom. The Labute approximate surface area is 102 Å². The topological polar surface area (TPSA) is 51.8 Å². The van der Waals surface area contributed by atoms with Crippen LogP contribution in [0.25, 0.3) is 11.5 Å². The van der Waals surface area contributed by atoms with Gasteiger partial charge in [0.25, 0.3) is 0 Å². The molecule has 0 aliphatic carbocycles. The van der Waals surface area contributed by atoms with Crippen LogP contribution in [-0.4, -0.2) is 15.1 Å². The van der Waals surface area contributed by atoms with Crippen LogP contribution in [0.4, 0.5) is 0 Å². The number of rotatable bonds is 3. The molecule has 0 aromatic carbocycles. The second-order valence-corrected chi connectivity index (χ2v) is 4.61. The zero-order valence-electron chi connectivity index (χ0n) is 9.14. The third-order valence-corrected chi connectivity index (χ3v) is 3.33. The van der Waals surface area contributed by atoms with Crippen molar-refractivity contribution < 1.29 is 4.52 Å². The predicted molar refractivity (Wildman–Crippen MR) is 64.2 cm³/mol. The van der Waals surface area contributed by atoms with Crippen molar-refractivity contribution in [3.8, 4) is 11.5 Å². The molecule has 0 bridgehead atoms. The van der Waals surface area contributed by atoms with Crippen LogP contribution < -0.4 is 0 Å². The normalized spacial score (nSPS) is 12.7. The maximum atomic E-state index is 5.18. The summed E-state index contributed by atoms with van der Waals surface area (Å²) in [5.74, 6) is 1.15. The summed E-state index contributed by atoms with van der Waals surface area (Å²) in [7, 11) is 0. The molecule has 0 fully saturated rings.